The number of nitrogens with zero attached hydrogens (tertiary/aromatic N) is 1. The monoisotopic (exact) mass is 314 g/mol. The van der Waals surface area contributed by atoms with E-state index in [0.29, 0.717) is 12.8 Å². The Morgan fingerprint density at radius 2 is 1.96 bits per heavy atom. The number of anilines is 1. The first-order valence-corrected chi connectivity index (χ1v) is 8.02. The van der Waals surface area contributed by atoms with Crippen molar-refractivity contribution in [3.05, 3.63) is 29.3 Å². The second-order valence-electron chi connectivity index (χ2n) is 7.61. The Hall–Kier alpha value is -2.17. The van der Waals surface area contributed by atoms with Gasteiger partial charge in [0.2, 0.25) is 17.7 Å². The number of hydrogen-bond acceptors (Lipinski definition) is 3. The van der Waals surface area contributed by atoms with E-state index in [-0.39, 0.29) is 29.6 Å². The third-order valence-corrected chi connectivity index (χ3v) is 4.27. The summed E-state index contributed by atoms with van der Waals surface area (Å²) in [4.78, 5) is 37.4. The predicted octanol–water partition coefficient (Wildman–Crippen LogP) is 1.97. The second kappa shape index (κ2) is 5.48. The number of carbonyl (C=O) groups excluding carboxylic acids is 3. The maximum Gasteiger partial charge on any atom is 0.249 e. The van der Waals surface area contributed by atoms with Crippen LogP contribution in [0.1, 0.15) is 44.7 Å². The van der Waals surface area contributed by atoms with Crippen molar-refractivity contribution >= 4 is 23.4 Å². The molecule has 2 aliphatic heterocycles. The summed E-state index contributed by atoms with van der Waals surface area (Å²) in [5.41, 5.74) is 3.16. The van der Waals surface area contributed by atoms with Crippen molar-refractivity contribution in [2.24, 2.45) is 5.41 Å². The molecule has 23 heavy (non-hydrogen) atoms. The second-order valence-corrected chi connectivity index (χ2v) is 7.61. The lowest BCUT2D eigenvalue weighted by molar-refractivity contribution is -0.135. The Bertz CT molecular complexity index is 688. The van der Waals surface area contributed by atoms with Crippen molar-refractivity contribution in [1.29, 1.82) is 0 Å². The van der Waals surface area contributed by atoms with E-state index in [1.54, 1.807) is 4.90 Å². The van der Waals surface area contributed by atoms with E-state index in [9.17, 15) is 14.4 Å². The van der Waals surface area contributed by atoms with E-state index in [4.69, 9.17) is 0 Å². The van der Waals surface area contributed by atoms with Crippen molar-refractivity contribution < 1.29 is 14.4 Å². The van der Waals surface area contributed by atoms with Crippen LogP contribution >= 0.6 is 0 Å². The minimum absolute atomic E-state index is 0.0672. The molecule has 0 aromatic heterocycles. The summed E-state index contributed by atoms with van der Waals surface area (Å²) in [6, 6.07) is 5.46. The minimum atomic E-state index is -0.574. The fourth-order valence-corrected chi connectivity index (χ4v) is 3.39. The molecule has 1 unspecified atom stereocenters. The molecule has 2 heterocycles. The average molecular weight is 314 g/mol. The Labute approximate surface area is 136 Å². The summed E-state index contributed by atoms with van der Waals surface area (Å²) >= 11 is 0. The first kappa shape index (κ1) is 15.7. The molecule has 0 radical (unpaired) electrons. The Morgan fingerprint density at radius 1 is 1.22 bits per heavy atom. The number of amides is 3. The molecule has 1 saturated heterocycles. The van der Waals surface area contributed by atoms with Crippen LogP contribution in [0.2, 0.25) is 0 Å². The zero-order valence-corrected chi connectivity index (χ0v) is 13.8. The van der Waals surface area contributed by atoms with E-state index < -0.39 is 6.04 Å². The third-order valence-electron chi connectivity index (χ3n) is 4.27. The highest BCUT2D eigenvalue weighted by Crippen LogP contribution is 2.34. The van der Waals surface area contributed by atoms with Gasteiger partial charge in [0.15, 0.2) is 0 Å². The minimum Gasteiger partial charge on any atom is -0.299 e. The van der Waals surface area contributed by atoms with Crippen LogP contribution in [0.25, 0.3) is 0 Å². The van der Waals surface area contributed by atoms with Crippen LogP contribution in [0.15, 0.2) is 18.2 Å². The smallest absolute Gasteiger partial charge is 0.249 e. The Morgan fingerprint density at radius 3 is 2.61 bits per heavy atom. The molecule has 122 valence electrons. The number of piperidine rings is 1. The lowest BCUT2D eigenvalue weighted by Gasteiger charge is -2.30. The van der Waals surface area contributed by atoms with Gasteiger partial charge in [-0.2, -0.15) is 0 Å². The summed E-state index contributed by atoms with van der Waals surface area (Å²) in [6.07, 6.45) is 1.93. The number of rotatable bonds is 2. The van der Waals surface area contributed by atoms with E-state index in [1.807, 2.05) is 12.1 Å². The third kappa shape index (κ3) is 3.14. The molecule has 0 saturated carbocycles. The largest absolute Gasteiger partial charge is 0.299 e. The van der Waals surface area contributed by atoms with Gasteiger partial charge in [0.1, 0.15) is 6.04 Å². The maximum atomic E-state index is 12.4. The van der Waals surface area contributed by atoms with Gasteiger partial charge in [-0.25, -0.2) is 0 Å². The van der Waals surface area contributed by atoms with Crippen LogP contribution in [0.4, 0.5) is 5.69 Å². The van der Waals surface area contributed by atoms with Gasteiger partial charge >= 0.3 is 0 Å². The van der Waals surface area contributed by atoms with Gasteiger partial charge < -0.3 is 0 Å². The molecule has 0 spiro atoms. The quantitative estimate of drug-likeness (QED) is 0.849. The SMILES string of the molecule is CC(C)(C)Cc1ccc2c(c1)CC(=O)N2C1CCC(=O)NC1=O. The molecule has 1 atom stereocenters. The number of nitrogens with one attached hydrogen (secondary N) is 1. The molecule has 1 aromatic rings. The highest BCUT2D eigenvalue weighted by Gasteiger charge is 2.39. The summed E-state index contributed by atoms with van der Waals surface area (Å²) in [5, 5.41) is 2.33. The summed E-state index contributed by atoms with van der Waals surface area (Å²) in [6.45, 7) is 6.54. The van der Waals surface area contributed by atoms with Crippen LogP contribution in [-0.2, 0) is 27.2 Å². The van der Waals surface area contributed by atoms with Crippen molar-refractivity contribution in [3.8, 4) is 0 Å². The van der Waals surface area contributed by atoms with Crippen molar-refractivity contribution in [2.45, 2.75) is 52.5 Å². The fourth-order valence-electron chi connectivity index (χ4n) is 3.39. The van der Waals surface area contributed by atoms with Gasteiger partial charge in [-0.05, 0) is 35.4 Å². The van der Waals surface area contributed by atoms with Gasteiger partial charge in [-0.1, -0.05) is 32.9 Å². The molecular formula is C18H22N2O3. The maximum absolute atomic E-state index is 12.4. The number of imide groups is 1. The molecule has 3 rings (SSSR count). The van der Waals surface area contributed by atoms with Crippen LogP contribution < -0.4 is 10.2 Å². The molecule has 0 aliphatic carbocycles. The van der Waals surface area contributed by atoms with Crippen molar-refractivity contribution in [2.75, 3.05) is 4.90 Å². The van der Waals surface area contributed by atoms with Gasteiger partial charge in [0.05, 0.1) is 6.42 Å². The number of carbonyl (C=O) groups is 3. The summed E-state index contributed by atoms with van der Waals surface area (Å²) in [5.74, 6) is -0.706. The van der Waals surface area contributed by atoms with Crippen LogP contribution in [-0.4, -0.2) is 23.8 Å². The Kier molecular flexibility index (Phi) is 3.74. The normalized spacial score (nSPS) is 21.4. The summed E-state index contributed by atoms with van der Waals surface area (Å²) in [7, 11) is 0. The molecular weight excluding hydrogens is 292 g/mol. The molecule has 5 nitrogen and oxygen atoms in total. The fraction of sp³-hybridized carbons (Fsp3) is 0.500. The number of fused-ring (bicyclic) bond motifs is 1. The standard InChI is InChI=1S/C18H22N2O3/c1-18(2,3)10-11-4-5-13-12(8-11)9-16(22)20(13)14-6-7-15(21)19-17(14)23/h4-5,8,14H,6-7,9-10H2,1-3H3,(H,19,21,23). The van der Waals surface area contributed by atoms with E-state index in [2.05, 4.69) is 32.2 Å². The lowest BCUT2D eigenvalue weighted by atomic mass is 9.87. The van der Waals surface area contributed by atoms with E-state index in [1.165, 1.54) is 5.56 Å². The van der Waals surface area contributed by atoms with Crippen LogP contribution in [0.5, 0.6) is 0 Å². The molecule has 2 aliphatic rings. The molecule has 1 aromatic carbocycles. The van der Waals surface area contributed by atoms with Crippen LogP contribution in [0, 0.1) is 5.41 Å². The van der Waals surface area contributed by atoms with Crippen molar-refractivity contribution in [3.63, 3.8) is 0 Å². The van der Waals surface area contributed by atoms with Gasteiger partial charge in [-0.3, -0.25) is 24.6 Å². The van der Waals surface area contributed by atoms with Gasteiger partial charge in [-0.15, -0.1) is 0 Å². The summed E-state index contributed by atoms with van der Waals surface area (Å²) < 4.78 is 0. The van der Waals surface area contributed by atoms with Gasteiger partial charge in [0, 0.05) is 12.1 Å². The zero-order valence-electron chi connectivity index (χ0n) is 13.8. The molecule has 3 amide bonds. The van der Waals surface area contributed by atoms with Crippen LogP contribution in [0.3, 0.4) is 0 Å². The first-order valence-electron chi connectivity index (χ1n) is 8.02. The molecule has 0 bridgehead atoms. The van der Waals surface area contributed by atoms with E-state index in [0.717, 1.165) is 17.7 Å². The number of hydrogen-bond donors (Lipinski definition) is 1. The van der Waals surface area contributed by atoms with Crippen molar-refractivity contribution in [1.82, 2.24) is 5.32 Å². The Balaban J connectivity index is 1.88. The molecule has 5 heteroatoms. The first-order chi connectivity index (χ1) is 10.7. The number of benzene rings is 1. The highest BCUT2D eigenvalue weighted by molar-refractivity contribution is 6.10. The topological polar surface area (TPSA) is 66.5 Å². The molecule has 1 fully saturated rings. The predicted molar refractivity (Wildman–Crippen MR) is 87.0 cm³/mol. The van der Waals surface area contributed by atoms with Gasteiger partial charge in [0.25, 0.3) is 0 Å². The zero-order chi connectivity index (χ0) is 16.8. The average Bonchev–Trinajstić information content (AvgIpc) is 2.72. The lowest BCUT2D eigenvalue weighted by Crippen LogP contribution is -2.53. The van der Waals surface area contributed by atoms with E-state index >= 15 is 0 Å². The molecule has 1 N–H and O–H groups in total. The highest BCUT2D eigenvalue weighted by atomic mass is 16.2.